The molecule has 0 unspecified atom stereocenters. The molecule has 1 aromatic carbocycles. The Hall–Kier alpha value is -3.22. The van der Waals surface area contributed by atoms with Gasteiger partial charge in [0.2, 0.25) is 5.91 Å². The summed E-state index contributed by atoms with van der Waals surface area (Å²) in [6, 6.07) is 3.86. The zero-order valence-corrected chi connectivity index (χ0v) is 18.2. The Morgan fingerprint density at radius 2 is 2.03 bits per heavy atom. The third-order valence-corrected chi connectivity index (χ3v) is 6.24. The van der Waals surface area contributed by atoms with Crippen LogP contribution in [0.25, 0.3) is 0 Å². The lowest BCUT2D eigenvalue weighted by Crippen LogP contribution is -2.41. The fourth-order valence-corrected chi connectivity index (χ4v) is 4.47. The van der Waals surface area contributed by atoms with Gasteiger partial charge in [0.05, 0.1) is 42.5 Å². The molecular weight excluding hydrogens is 438 g/mol. The van der Waals surface area contributed by atoms with Crippen molar-refractivity contribution in [1.29, 1.82) is 0 Å². The number of rotatable bonds is 7. The average molecular weight is 459 g/mol. The third-order valence-electron chi connectivity index (χ3n) is 5.35. The van der Waals surface area contributed by atoms with Crippen LogP contribution in [-0.2, 0) is 22.6 Å². The number of ether oxygens (including phenoxy) is 1. The number of aromatic nitrogens is 1. The first-order valence-electron chi connectivity index (χ1n) is 9.96. The highest BCUT2D eigenvalue weighted by Crippen LogP contribution is 2.30. The van der Waals surface area contributed by atoms with Gasteiger partial charge in [-0.3, -0.25) is 34.3 Å². The van der Waals surface area contributed by atoms with Crippen molar-refractivity contribution in [1.82, 2.24) is 19.7 Å². The van der Waals surface area contributed by atoms with Gasteiger partial charge >= 0.3 is 0 Å². The maximum absolute atomic E-state index is 12.7. The van der Waals surface area contributed by atoms with E-state index in [-0.39, 0.29) is 17.7 Å². The fraction of sp³-hybridized carbons (Fsp3) is 0.400. The van der Waals surface area contributed by atoms with Crippen LogP contribution in [0.2, 0.25) is 0 Å². The molecule has 168 valence electrons. The Bertz CT molecular complexity index is 1080. The van der Waals surface area contributed by atoms with E-state index >= 15 is 0 Å². The van der Waals surface area contributed by atoms with Gasteiger partial charge in [-0.15, -0.1) is 11.3 Å². The quantitative estimate of drug-likeness (QED) is 0.343. The van der Waals surface area contributed by atoms with E-state index in [1.807, 2.05) is 5.38 Å². The Morgan fingerprint density at radius 3 is 2.75 bits per heavy atom. The number of nitro groups is 1. The molecule has 2 aliphatic heterocycles. The normalized spacial score (nSPS) is 16.3. The highest BCUT2D eigenvalue weighted by atomic mass is 32.1. The number of thiazole rings is 1. The van der Waals surface area contributed by atoms with E-state index in [4.69, 9.17) is 4.74 Å². The smallest absolute Gasteiger partial charge is 0.282 e. The van der Waals surface area contributed by atoms with Crippen molar-refractivity contribution in [3.63, 3.8) is 0 Å². The first-order valence-corrected chi connectivity index (χ1v) is 10.8. The fourth-order valence-electron chi connectivity index (χ4n) is 3.64. The van der Waals surface area contributed by atoms with E-state index in [9.17, 15) is 24.5 Å². The summed E-state index contributed by atoms with van der Waals surface area (Å²) < 4.78 is 5.34. The number of nitrogens with zero attached hydrogens (tertiary/aromatic N) is 5. The van der Waals surface area contributed by atoms with Gasteiger partial charge in [0.25, 0.3) is 17.5 Å². The molecule has 12 heteroatoms. The van der Waals surface area contributed by atoms with Crippen LogP contribution in [0, 0.1) is 10.1 Å². The van der Waals surface area contributed by atoms with Gasteiger partial charge in [-0.05, 0) is 6.07 Å². The first kappa shape index (κ1) is 22.0. The minimum absolute atomic E-state index is 0.0630. The third kappa shape index (κ3) is 4.38. The summed E-state index contributed by atoms with van der Waals surface area (Å²) in [6.45, 7) is 3.57. The monoisotopic (exact) mass is 459 g/mol. The Labute approximate surface area is 187 Å². The number of morpholine rings is 1. The van der Waals surface area contributed by atoms with Crippen LogP contribution in [0.4, 0.5) is 5.69 Å². The molecule has 1 fully saturated rings. The van der Waals surface area contributed by atoms with Gasteiger partial charge in [0, 0.05) is 31.6 Å². The maximum atomic E-state index is 12.7. The minimum atomic E-state index is -0.833. The van der Waals surface area contributed by atoms with Gasteiger partial charge in [0.1, 0.15) is 17.1 Å². The van der Waals surface area contributed by atoms with Crippen LogP contribution in [0.3, 0.4) is 0 Å². The van der Waals surface area contributed by atoms with Crippen LogP contribution in [0.15, 0.2) is 23.6 Å². The Balaban J connectivity index is 1.38. The topological polar surface area (TPSA) is 126 Å². The maximum Gasteiger partial charge on any atom is 0.282 e. The van der Waals surface area contributed by atoms with E-state index < -0.39 is 34.9 Å². The SMILES string of the molecule is CN(Cc1csc(CN2CCOCC2)n1)C(=O)CN1C(=O)c2cccc([N+](=O)[O-])c2C1=O. The molecule has 1 aromatic heterocycles. The number of hydrogen-bond acceptors (Lipinski definition) is 9. The summed E-state index contributed by atoms with van der Waals surface area (Å²) in [5, 5.41) is 14.0. The summed E-state index contributed by atoms with van der Waals surface area (Å²) in [5.74, 6) is -2.01. The van der Waals surface area contributed by atoms with Crippen molar-refractivity contribution >= 4 is 34.7 Å². The second kappa shape index (κ2) is 9.10. The molecular formula is C20H21N5O6S. The lowest BCUT2D eigenvalue weighted by atomic mass is 10.1. The number of nitro benzene ring substituents is 1. The van der Waals surface area contributed by atoms with Crippen LogP contribution in [0.5, 0.6) is 0 Å². The Kier molecular flexibility index (Phi) is 6.26. The number of imide groups is 1. The summed E-state index contributed by atoms with van der Waals surface area (Å²) in [6.07, 6.45) is 0. The van der Waals surface area contributed by atoms with E-state index in [0.717, 1.165) is 35.6 Å². The van der Waals surface area contributed by atoms with Crippen LogP contribution in [-0.4, -0.2) is 82.2 Å². The number of fused-ring (bicyclic) bond motifs is 1. The summed E-state index contributed by atoms with van der Waals surface area (Å²) >= 11 is 1.51. The number of amides is 3. The molecule has 0 atom stereocenters. The van der Waals surface area contributed by atoms with Crippen molar-refractivity contribution in [2.75, 3.05) is 39.9 Å². The second-order valence-corrected chi connectivity index (χ2v) is 8.47. The number of carbonyl (C=O) groups excluding carboxylic acids is 3. The molecule has 0 N–H and O–H groups in total. The van der Waals surface area contributed by atoms with Crippen molar-refractivity contribution < 1.29 is 24.0 Å². The number of carbonyl (C=O) groups is 3. The van der Waals surface area contributed by atoms with Gasteiger partial charge in [-0.1, -0.05) is 6.07 Å². The predicted molar refractivity (Wildman–Crippen MR) is 113 cm³/mol. The molecule has 1 saturated heterocycles. The molecule has 0 aliphatic carbocycles. The van der Waals surface area contributed by atoms with Crippen molar-refractivity contribution in [3.8, 4) is 0 Å². The van der Waals surface area contributed by atoms with Crippen LogP contribution < -0.4 is 0 Å². The molecule has 0 radical (unpaired) electrons. The van der Waals surface area contributed by atoms with Crippen molar-refractivity contribution in [2.24, 2.45) is 0 Å². The summed E-state index contributed by atoms with van der Waals surface area (Å²) in [5.41, 5.74) is -0.0661. The minimum Gasteiger partial charge on any atom is -0.379 e. The summed E-state index contributed by atoms with van der Waals surface area (Å²) in [7, 11) is 1.56. The molecule has 0 saturated carbocycles. The largest absolute Gasteiger partial charge is 0.379 e. The molecule has 0 spiro atoms. The molecule has 0 bridgehead atoms. The summed E-state index contributed by atoms with van der Waals surface area (Å²) in [4.78, 5) is 57.4. The number of benzene rings is 1. The van der Waals surface area contributed by atoms with E-state index in [0.29, 0.717) is 18.9 Å². The number of hydrogen-bond donors (Lipinski definition) is 0. The molecule has 3 heterocycles. The van der Waals surface area contributed by atoms with Crippen LogP contribution >= 0.6 is 11.3 Å². The lowest BCUT2D eigenvalue weighted by Gasteiger charge is -2.25. The molecule has 3 amide bonds. The Morgan fingerprint density at radius 1 is 1.28 bits per heavy atom. The number of likely N-dealkylation sites (N-methyl/N-ethyl adjacent to an activating group) is 1. The van der Waals surface area contributed by atoms with E-state index in [2.05, 4.69) is 9.88 Å². The lowest BCUT2D eigenvalue weighted by molar-refractivity contribution is -0.385. The standard InChI is InChI=1S/C20H21N5O6S/c1-22(9-13-12-32-16(21-13)10-23-5-7-31-8-6-23)17(26)11-24-19(27)14-3-2-4-15(25(29)30)18(14)20(24)28/h2-4,12H,5-11H2,1H3. The average Bonchev–Trinajstić information content (AvgIpc) is 3.31. The molecule has 32 heavy (non-hydrogen) atoms. The molecule has 2 aromatic rings. The van der Waals surface area contributed by atoms with Crippen molar-refractivity contribution in [2.45, 2.75) is 13.1 Å². The van der Waals surface area contributed by atoms with Gasteiger partial charge < -0.3 is 9.64 Å². The second-order valence-electron chi connectivity index (χ2n) is 7.52. The van der Waals surface area contributed by atoms with Gasteiger partial charge in [-0.25, -0.2) is 4.98 Å². The van der Waals surface area contributed by atoms with Gasteiger partial charge in [0.15, 0.2) is 0 Å². The highest BCUT2D eigenvalue weighted by Gasteiger charge is 2.42. The predicted octanol–water partition coefficient (Wildman–Crippen LogP) is 1.14. The van der Waals surface area contributed by atoms with E-state index in [1.54, 1.807) is 7.05 Å². The van der Waals surface area contributed by atoms with E-state index in [1.165, 1.54) is 28.4 Å². The zero-order valence-electron chi connectivity index (χ0n) is 17.4. The van der Waals surface area contributed by atoms with Crippen LogP contribution in [0.1, 0.15) is 31.4 Å². The first-order chi connectivity index (χ1) is 15.3. The van der Waals surface area contributed by atoms with Crippen molar-refractivity contribution in [3.05, 3.63) is 55.5 Å². The zero-order chi connectivity index (χ0) is 22.8. The molecule has 11 nitrogen and oxygen atoms in total. The molecule has 4 rings (SSSR count). The van der Waals surface area contributed by atoms with Gasteiger partial charge in [-0.2, -0.15) is 0 Å². The highest BCUT2D eigenvalue weighted by molar-refractivity contribution is 7.09. The molecule has 2 aliphatic rings.